The lowest BCUT2D eigenvalue weighted by Crippen LogP contribution is -2.30. The van der Waals surface area contributed by atoms with E-state index in [4.69, 9.17) is 23.2 Å². The van der Waals surface area contributed by atoms with Gasteiger partial charge in [-0.2, -0.15) is 5.26 Å². The number of carbonyl (C=O) groups is 2. The number of aryl methyl sites for hydroxylation is 1. The van der Waals surface area contributed by atoms with Crippen LogP contribution in [0.15, 0.2) is 83.4 Å². The van der Waals surface area contributed by atoms with E-state index < -0.39 is 11.2 Å². The number of rotatable bonds is 5. The zero-order valence-corrected chi connectivity index (χ0v) is 20.4. The van der Waals surface area contributed by atoms with Crippen LogP contribution in [0.4, 0.5) is 11.4 Å². The molecule has 0 aromatic heterocycles. The molecule has 4 rings (SSSR count). The summed E-state index contributed by atoms with van der Waals surface area (Å²) in [6.45, 7) is 1.94. The topological polar surface area (TPSA) is 73.2 Å². The molecule has 1 N–H and O–H groups in total. The van der Waals surface area contributed by atoms with Crippen LogP contribution >= 0.6 is 35.0 Å². The van der Waals surface area contributed by atoms with Gasteiger partial charge in [0, 0.05) is 21.4 Å². The van der Waals surface area contributed by atoms with Crippen molar-refractivity contribution in [3.05, 3.63) is 105 Å². The molecule has 0 radical (unpaired) electrons. The number of nitriles is 1. The largest absolute Gasteiger partial charge is 0.321 e. The molecule has 170 valence electrons. The van der Waals surface area contributed by atoms with Crippen LogP contribution in [0.3, 0.4) is 0 Å². The highest BCUT2D eigenvalue weighted by Gasteiger charge is 2.41. The average Bonchev–Trinajstić information content (AvgIpc) is 3.14. The number of nitrogens with zero attached hydrogens (tertiary/aromatic N) is 2. The number of hydrogen-bond donors (Lipinski definition) is 1. The van der Waals surface area contributed by atoms with Crippen LogP contribution in [-0.4, -0.2) is 17.1 Å². The van der Waals surface area contributed by atoms with E-state index in [1.165, 1.54) is 16.7 Å². The lowest BCUT2D eigenvalue weighted by molar-refractivity contribution is -0.117. The molecule has 5 nitrogen and oxygen atoms in total. The van der Waals surface area contributed by atoms with Crippen molar-refractivity contribution in [3.63, 3.8) is 0 Å². The van der Waals surface area contributed by atoms with Crippen molar-refractivity contribution in [2.24, 2.45) is 0 Å². The van der Waals surface area contributed by atoms with Gasteiger partial charge >= 0.3 is 0 Å². The minimum Gasteiger partial charge on any atom is -0.321 e. The highest BCUT2D eigenvalue weighted by atomic mass is 35.5. The average molecular weight is 508 g/mol. The lowest BCUT2D eigenvalue weighted by atomic mass is 10.1. The SMILES string of the molecule is Cc1ccc(NC(=O)/C(C#N)=C2\S[C@H](Cc3cc(Cl)ccc3Cl)C(=O)N2c2ccccc2)cc1. The highest BCUT2D eigenvalue weighted by molar-refractivity contribution is 8.05. The van der Waals surface area contributed by atoms with E-state index in [0.717, 1.165) is 11.1 Å². The maximum absolute atomic E-state index is 13.5. The highest BCUT2D eigenvalue weighted by Crippen LogP contribution is 2.42. The molecule has 8 heteroatoms. The molecular weight excluding hydrogens is 489 g/mol. The van der Waals surface area contributed by atoms with Gasteiger partial charge in [0.25, 0.3) is 5.91 Å². The fourth-order valence-electron chi connectivity index (χ4n) is 3.53. The molecule has 2 amide bonds. The third-order valence-electron chi connectivity index (χ3n) is 5.24. The smallest absolute Gasteiger partial charge is 0.269 e. The molecule has 1 saturated heterocycles. The lowest BCUT2D eigenvalue weighted by Gasteiger charge is -2.18. The molecular formula is C26H19Cl2N3O2S. The molecule has 0 saturated carbocycles. The Bertz CT molecular complexity index is 1320. The van der Waals surface area contributed by atoms with Crippen molar-refractivity contribution in [1.82, 2.24) is 0 Å². The molecule has 34 heavy (non-hydrogen) atoms. The van der Waals surface area contributed by atoms with Gasteiger partial charge in [0.05, 0.1) is 5.25 Å². The minimum absolute atomic E-state index is 0.137. The minimum atomic E-state index is -0.582. The van der Waals surface area contributed by atoms with Crippen LogP contribution in [0.5, 0.6) is 0 Å². The first-order chi connectivity index (χ1) is 16.4. The first-order valence-electron chi connectivity index (χ1n) is 10.4. The van der Waals surface area contributed by atoms with Crippen LogP contribution in [0.25, 0.3) is 0 Å². The zero-order valence-electron chi connectivity index (χ0n) is 18.1. The number of benzene rings is 3. The van der Waals surface area contributed by atoms with Gasteiger partial charge in [0.1, 0.15) is 16.7 Å². The standard InChI is InChI=1S/C26H19Cl2N3O2S/c1-16-7-10-19(11-8-16)30-24(32)21(15-29)26-31(20-5-3-2-4-6-20)25(33)23(34-26)14-17-13-18(27)9-12-22(17)28/h2-13,23H,14H2,1H3,(H,30,32)/b26-21-/t23-/m1/s1. The first kappa shape index (κ1) is 23.9. The molecule has 1 atom stereocenters. The summed E-state index contributed by atoms with van der Waals surface area (Å²) in [7, 11) is 0. The number of nitrogens with one attached hydrogen (secondary N) is 1. The quantitative estimate of drug-likeness (QED) is 0.321. The Morgan fingerprint density at radius 3 is 2.47 bits per heavy atom. The fraction of sp³-hybridized carbons (Fsp3) is 0.115. The van der Waals surface area contributed by atoms with Crippen molar-refractivity contribution in [3.8, 4) is 6.07 Å². The van der Waals surface area contributed by atoms with E-state index in [1.54, 1.807) is 54.6 Å². The monoisotopic (exact) mass is 507 g/mol. The summed E-state index contributed by atoms with van der Waals surface area (Å²) in [4.78, 5) is 28.0. The Labute approximate surface area is 212 Å². The zero-order chi connectivity index (χ0) is 24.2. The van der Waals surface area contributed by atoms with Crippen LogP contribution in [0, 0.1) is 18.3 Å². The van der Waals surface area contributed by atoms with Crippen molar-refractivity contribution < 1.29 is 9.59 Å². The van der Waals surface area contributed by atoms with Crippen LogP contribution < -0.4 is 10.2 Å². The number of hydrogen-bond acceptors (Lipinski definition) is 4. The first-order valence-corrected chi connectivity index (χ1v) is 12.0. The number of anilines is 2. The summed E-state index contributed by atoms with van der Waals surface area (Å²) in [5, 5.41) is 13.4. The predicted octanol–water partition coefficient (Wildman–Crippen LogP) is 6.37. The molecule has 1 heterocycles. The summed E-state index contributed by atoms with van der Waals surface area (Å²) < 4.78 is 0. The Kier molecular flexibility index (Phi) is 7.28. The van der Waals surface area contributed by atoms with E-state index in [-0.39, 0.29) is 16.5 Å². The molecule has 0 bridgehead atoms. The fourth-order valence-corrected chi connectivity index (χ4v) is 5.21. The summed E-state index contributed by atoms with van der Waals surface area (Å²) >= 11 is 13.6. The molecule has 3 aromatic rings. The van der Waals surface area contributed by atoms with E-state index in [9.17, 15) is 14.9 Å². The van der Waals surface area contributed by atoms with E-state index in [1.807, 2.05) is 31.2 Å². The summed E-state index contributed by atoms with van der Waals surface area (Å²) in [5.41, 5.74) is 2.77. The molecule has 0 unspecified atom stereocenters. The van der Waals surface area contributed by atoms with Crippen LogP contribution in [0.1, 0.15) is 11.1 Å². The summed E-state index contributed by atoms with van der Waals surface area (Å²) in [5.74, 6) is -0.817. The van der Waals surface area contributed by atoms with E-state index >= 15 is 0 Å². The van der Waals surface area contributed by atoms with Crippen LogP contribution in [-0.2, 0) is 16.0 Å². The van der Waals surface area contributed by atoms with Crippen molar-refractivity contribution in [2.45, 2.75) is 18.6 Å². The van der Waals surface area contributed by atoms with Gasteiger partial charge in [-0.3, -0.25) is 14.5 Å². The molecule has 3 aromatic carbocycles. The maximum Gasteiger partial charge on any atom is 0.269 e. The Morgan fingerprint density at radius 1 is 1.09 bits per heavy atom. The number of halogens is 2. The third-order valence-corrected chi connectivity index (χ3v) is 7.11. The molecule has 1 aliphatic rings. The van der Waals surface area contributed by atoms with Gasteiger partial charge in [-0.1, -0.05) is 70.9 Å². The normalized spacial score (nSPS) is 16.8. The number of thioether (sulfide) groups is 1. The molecule has 1 aliphatic heterocycles. The van der Waals surface area contributed by atoms with Crippen molar-refractivity contribution in [2.75, 3.05) is 10.2 Å². The molecule has 1 fully saturated rings. The van der Waals surface area contributed by atoms with Gasteiger partial charge in [0.15, 0.2) is 0 Å². The van der Waals surface area contributed by atoms with Gasteiger partial charge < -0.3 is 5.32 Å². The Morgan fingerprint density at radius 2 is 1.79 bits per heavy atom. The molecule has 0 aliphatic carbocycles. The predicted molar refractivity (Wildman–Crippen MR) is 138 cm³/mol. The number of carbonyl (C=O) groups excluding carboxylic acids is 2. The number of para-hydroxylation sites is 1. The second-order valence-electron chi connectivity index (χ2n) is 7.67. The summed E-state index contributed by atoms with van der Waals surface area (Å²) in [6.07, 6.45) is 0.300. The van der Waals surface area contributed by atoms with E-state index in [0.29, 0.717) is 27.8 Å². The third kappa shape index (κ3) is 5.13. The summed E-state index contributed by atoms with van der Waals surface area (Å²) in [6, 6.07) is 23.3. The molecule has 0 spiro atoms. The Hall–Kier alpha value is -3.24. The second-order valence-corrected chi connectivity index (χ2v) is 9.70. The number of amides is 2. The van der Waals surface area contributed by atoms with Gasteiger partial charge in [0.2, 0.25) is 5.91 Å². The van der Waals surface area contributed by atoms with Crippen molar-refractivity contribution in [1.29, 1.82) is 5.26 Å². The van der Waals surface area contributed by atoms with Crippen molar-refractivity contribution >= 4 is 58.2 Å². The van der Waals surface area contributed by atoms with Gasteiger partial charge in [-0.05, 0) is 61.4 Å². The Balaban J connectivity index is 1.72. The second kappa shape index (κ2) is 10.4. The van der Waals surface area contributed by atoms with Gasteiger partial charge in [-0.15, -0.1) is 0 Å². The van der Waals surface area contributed by atoms with Crippen LogP contribution in [0.2, 0.25) is 10.0 Å². The van der Waals surface area contributed by atoms with Gasteiger partial charge in [-0.25, -0.2) is 0 Å². The van der Waals surface area contributed by atoms with E-state index in [2.05, 4.69) is 5.32 Å². The maximum atomic E-state index is 13.5.